The number of pyridine rings is 2. The quantitative estimate of drug-likeness (QED) is 0.315. The second-order valence-corrected chi connectivity index (χ2v) is 8.48. The molecule has 3 heterocycles. The molecule has 1 atom stereocenters. The number of esters is 1. The second kappa shape index (κ2) is 9.10. The van der Waals surface area contributed by atoms with Gasteiger partial charge in [0.25, 0.3) is 0 Å². The van der Waals surface area contributed by atoms with Gasteiger partial charge in [0.15, 0.2) is 6.10 Å². The highest BCUT2D eigenvalue weighted by Gasteiger charge is 2.26. The maximum absolute atomic E-state index is 13.2. The summed E-state index contributed by atoms with van der Waals surface area (Å²) in [6.45, 7) is 3.70. The van der Waals surface area contributed by atoms with Crippen molar-refractivity contribution in [3.05, 3.63) is 89.7 Å². The number of aromatic nitrogens is 2. The lowest BCUT2D eigenvalue weighted by Gasteiger charge is -2.16. The first-order valence-corrected chi connectivity index (χ1v) is 11.4. The van der Waals surface area contributed by atoms with Crippen molar-refractivity contribution < 1.29 is 19.1 Å². The zero-order valence-corrected chi connectivity index (χ0v) is 19.4. The fourth-order valence-corrected chi connectivity index (χ4v) is 4.41. The van der Waals surface area contributed by atoms with Gasteiger partial charge in [-0.15, -0.1) is 0 Å². The Hall–Kier alpha value is -4.39. The third-order valence-electron chi connectivity index (χ3n) is 6.20. The summed E-state index contributed by atoms with van der Waals surface area (Å²) in [6.07, 6.45) is 3.03. The minimum Gasteiger partial charge on any atom is -0.451 e. The number of amides is 1. The van der Waals surface area contributed by atoms with Crippen molar-refractivity contribution >= 4 is 34.3 Å². The highest BCUT2D eigenvalue weighted by atomic mass is 16.5. The third-order valence-corrected chi connectivity index (χ3v) is 6.20. The molecule has 1 aliphatic rings. The van der Waals surface area contributed by atoms with Gasteiger partial charge in [-0.2, -0.15) is 0 Å². The molecule has 174 valence electrons. The van der Waals surface area contributed by atoms with Crippen molar-refractivity contribution in [2.24, 2.45) is 0 Å². The predicted octanol–water partition coefficient (Wildman–Crippen LogP) is 4.63. The fourth-order valence-electron chi connectivity index (χ4n) is 4.41. The Labute approximate surface area is 202 Å². The van der Waals surface area contributed by atoms with Gasteiger partial charge in [0.2, 0.25) is 11.7 Å². The molecule has 0 bridgehead atoms. The van der Waals surface area contributed by atoms with Gasteiger partial charge in [0.05, 0.1) is 16.8 Å². The molecule has 2 aromatic carbocycles. The van der Waals surface area contributed by atoms with Gasteiger partial charge in [-0.05, 0) is 61.4 Å². The normalized spacial score (nSPS) is 13.4. The van der Waals surface area contributed by atoms with Crippen LogP contribution in [0.25, 0.3) is 22.2 Å². The van der Waals surface area contributed by atoms with Gasteiger partial charge >= 0.3 is 5.97 Å². The number of hydrogen-bond acceptors (Lipinski definition) is 6. The van der Waals surface area contributed by atoms with Crippen LogP contribution in [0.5, 0.6) is 0 Å². The lowest BCUT2D eigenvalue weighted by atomic mass is 10.0. The van der Waals surface area contributed by atoms with Crippen molar-refractivity contribution in [2.45, 2.75) is 26.4 Å². The van der Waals surface area contributed by atoms with Crippen LogP contribution in [-0.4, -0.2) is 40.3 Å². The molecule has 2 aromatic heterocycles. The average molecular weight is 466 g/mol. The second-order valence-electron chi connectivity index (χ2n) is 8.48. The van der Waals surface area contributed by atoms with E-state index in [2.05, 4.69) is 9.97 Å². The first-order valence-electron chi connectivity index (χ1n) is 11.4. The molecule has 0 saturated heterocycles. The van der Waals surface area contributed by atoms with Crippen molar-refractivity contribution in [3.63, 3.8) is 0 Å². The lowest BCUT2D eigenvalue weighted by Crippen LogP contribution is -2.26. The third kappa shape index (κ3) is 4.28. The van der Waals surface area contributed by atoms with E-state index in [0.717, 1.165) is 16.8 Å². The van der Waals surface area contributed by atoms with Gasteiger partial charge in [0.1, 0.15) is 0 Å². The number of ketones is 1. The van der Waals surface area contributed by atoms with Crippen molar-refractivity contribution in [3.8, 4) is 11.3 Å². The average Bonchev–Trinajstić information content (AvgIpc) is 3.31. The summed E-state index contributed by atoms with van der Waals surface area (Å²) < 4.78 is 5.64. The molecule has 0 aliphatic carbocycles. The standard InChI is InChI=1S/C28H23N3O4/c1-17(27(33)21-7-8-26-20(15-21)11-14-31(26)18(2)32)35-28(34)23-16-25(19-9-12-29-13-10-19)30-24-6-4-3-5-22(23)24/h3-10,12-13,15-17H,11,14H2,1-2H3/t17-/m1/s1. The molecule has 4 aromatic rings. The number of hydrogen-bond donors (Lipinski definition) is 0. The highest BCUT2D eigenvalue weighted by Crippen LogP contribution is 2.30. The van der Waals surface area contributed by atoms with Crippen LogP contribution >= 0.6 is 0 Å². The number of benzene rings is 2. The molecule has 7 heteroatoms. The Morgan fingerprint density at radius 3 is 2.54 bits per heavy atom. The minimum absolute atomic E-state index is 0.0270. The van der Waals surface area contributed by atoms with Gasteiger partial charge in [-0.3, -0.25) is 14.6 Å². The van der Waals surface area contributed by atoms with E-state index < -0.39 is 12.1 Å². The molecule has 0 fully saturated rings. The van der Waals surface area contributed by atoms with E-state index in [-0.39, 0.29) is 11.7 Å². The molecular formula is C28H23N3O4. The van der Waals surface area contributed by atoms with Crippen LogP contribution in [0, 0.1) is 0 Å². The molecule has 1 amide bonds. The highest BCUT2D eigenvalue weighted by molar-refractivity contribution is 6.07. The summed E-state index contributed by atoms with van der Waals surface area (Å²) in [5, 5.41) is 0.650. The van der Waals surface area contributed by atoms with Gasteiger partial charge in [-0.25, -0.2) is 9.78 Å². The number of para-hydroxylation sites is 1. The van der Waals surface area contributed by atoms with E-state index in [1.165, 1.54) is 6.92 Å². The molecule has 0 unspecified atom stereocenters. The Morgan fingerprint density at radius 1 is 1.00 bits per heavy atom. The fraction of sp³-hybridized carbons (Fsp3) is 0.179. The summed E-state index contributed by atoms with van der Waals surface area (Å²) in [4.78, 5) is 48.5. The Bertz CT molecular complexity index is 1470. The monoisotopic (exact) mass is 465 g/mol. The van der Waals surface area contributed by atoms with E-state index in [4.69, 9.17) is 4.74 Å². The van der Waals surface area contributed by atoms with Crippen LogP contribution in [0.1, 0.15) is 40.1 Å². The SMILES string of the molecule is CC(=O)N1CCc2cc(C(=O)[C@@H](C)OC(=O)c3cc(-c4ccncc4)nc4ccccc34)ccc21. The van der Waals surface area contributed by atoms with Crippen LogP contribution in [0.4, 0.5) is 5.69 Å². The molecule has 7 nitrogen and oxygen atoms in total. The van der Waals surface area contributed by atoms with E-state index >= 15 is 0 Å². The maximum Gasteiger partial charge on any atom is 0.339 e. The molecular weight excluding hydrogens is 442 g/mol. The first-order chi connectivity index (χ1) is 16.9. The lowest BCUT2D eigenvalue weighted by molar-refractivity contribution is -0.116. The van der Waals surface area contributed by atoms with Crippen LogP contribution in [0.2, 0.25) is 0 Å². The number of Topliss-reactive ketones (excluding diaryl/α,β-unsaturated/α-hetero) is 1. The number of carbonyl (C=O) groups excluding carboxylic acids is 3. The molecule has 35 heavy (non-hydrogen) atoms. The van der Waals surface area contributed by atoms with Crippen LogP contribution < -0.4 is 4.90 Å². The Kier molecular flexibility index (Phi) is 5.82. The van der Waals surface area contributed by atoms with Crippen molar-refractivity contribution in [1.82, 2.24) is 9.97 Å². The van der Waals surface area contributed by atoms with E-state index in [1.807, 2.05) is 36.4 Å². The summed E-state index contributed by atoms with van der Waals surface area (Å²) in [5.74, 6) is -0.917. The summed E-state index contributed by atoms with van der Waals surface area (Å²) in [7, 11) is 0. The number of ether oxygens (including phenoxy) is 1. The Morgan fingerprint density at radius 2 is 1.77 bits per heavy atom. The van der Waals surface area contributed by atoms with E-state index in [0.29, 0.717) is 40.7 Å². The molecule has 0 N–H and O–H groups in total. The zero-order chi connectivity index (χ0) is 24.5. The molecule has 0 radical (unpaired) electrons. The van der Waals surface area contributed by atoms with Crippen LogP contribution in [-0.2, 0) is 16.0 Å². The smallest absolute Gasteiger partial charge is 0.339 e. The molecule has 5 rings (SSSR count). The van der Waals surface area contributed by atoms with E-state index in [1.54, 1.807) is 48.5 Å². The Balaban J connectivity index is 1.41. The summed E-state index contributed by atoms with van der Waals surface area (Å²) in [5.41, 5.74) is 4.64. The van der Waals surface area contributed by atoms with Gasteiger partial charge < -0.3 is 9.64 Å². The number of anilines is 1. The first kappa shape index (κ1) is 22.4. The minimum atomic E-state index is -0.984. The number of nitrogens with zero attached hydrogens (tertiary/aromatic N) is 3. The maximum atomic E-state index is 13.2. The van der Waals surface area contributed by atoms with Gasteiger partial charge in [0, 0.05) is 48.1 Å². The van der Waals surface area contributed by atoms with Crippen molar-refractivity contribution in [1.29, 1.82) is 0 Å². The number of fused-ring (bicyclic) bond motifs is 2. The van der Waals surface area contributed by atoms with E-state index in [9.17, 15) is 14.4 Å². The zero-order valence-electron chi connectivity index (χ0n) is 19.4. The molecule has 1 aliphatic heterocycles. The summed E-state index contributed by atoms with van der Waals surface area (Å²) >= 11 is 0. The topological polar surface area (TPSA) is 89.5 Å². The van der Waals surface area contributed by atoms with Crippen molar-refractivity contribution in [2.75, 3.05) is 11.4 Å². The van der Waals surface area contributed by atoms with Gasteiger partial charge in [-0.1, -0.05) is 18.2 Å². The largest absolute Gasteiger partial charge is 0.451 e. The predicted molar refractivity (Wildman–Crippen MR) is 132 cm³/mol. The molecule has 0 saturated carbocycles. The van der Waals surface area contributed by atoms with Crippen LogP contribution in [0.15, 0.2) is 73.1 Å². The van der Waals surface area contributed by atoms with Crippen LogP contribution in [0.3, 0.4) is 0 Å². The number of rotatable bonds is 5. The molecule has 0 spiro atoms. The number of carbonyl (C=O) groups is 3. The summed E-state index contributed by atoms with van der Waals surface area (Å²) in [6, 6.07) is 17.9.